The minimum absolute atomic E-state index is 0.0320. The van der Waals surface area contributed by atoms with E-state index in [0.717, 1.165) is 0 Å². The number of halogens is 4. The summed E-state index contributed by atoms with van der Waals surface area (Å²) in [6, 6.07) is 20.9. The molecule has 0 saturated heterocycles. The third-order valence-electron chi connectivity index (χ3n) is 5.32. The van der Waals surface area contributed by atoms with Crippen molar-refractivity contribution in [1.82, 2.24) is 4.98 Å². The Hall–Kier alpha value is -4.51. The number of carbonyl (C=O) groups is 2. The number of pyridine rings is 1. The number of carbonyl (C=O) groups excluding carboxylic acids is 2. The number of hydrogen-bond acceptors (Lipinski definition) is 9. The van der Waals surface area contributed by atoms with Gasteiger partial charge in [0, 0.05) is 15.6 Å². The van der Waals surface area contributed by atoms with Crippen LogP contribution in [0.15, 0.2) is 66.7 Å². The predicted octanol–water partition coefficient (Wildman–Crippen LogP) is 8.10. The molecule has 0 aliphatic rings. The Morgan fingerprint density at radius 3 is 1.52 bits per heavy atom. The molecule has 0 bridgehead atoms. The van der Waals surface area contributed by atoms with Crippen molar-refractivity contribution in [2.24, 2.45) is 0 Å². The second-order valence-electron chi connectivity index (χ2n) is 8.11. The fourth-order valence-corrected chi connectivity index (χ4v) is 4.45. The first kappa shape index (κ1) is 34.0. The Kier molecular flexibility index (Phi) is 12.6. The van der Waals surface area contributed by atoms with Crippen LogP contribution in [0.1, 0.15) is 25.0 Å². The van der Waals surface area contributed by atoms with Crippen LogP contribution in [0.2, 0.25) is 20.1 Å². The summed E-state index contributed by atoms with van der Waals surface area (Å²) in [6.45, 7) is 2.75. The van der Waals surface area contributed by atoms with Gasteiger partial charge in [-0.05, 0) is 42.0 Å². The Morgan fingerprint density at radius 2 is 1.14 bits per heavy atom. The summed E-state index contributed by atoms with van der Waals surface area (Å²) in [5, 5.41) is 21.0. The zero-order valence-electron chi connectivity index (χ0n) is 23.1. The molecule has 0 aliphatic carbocycles. The number of hydrogen-bond donors (Lipinski definition) is 0. The van der Waals surface area contributed by atoms with Gasteiger partial charge in [-0.2, -0.15) is 15.5 Å². The highest BCUT2D eigenvalue weighted by molar-refractivity contribution is 6.36. The third kappa shape index (κ3) is 8.76. The standard InChI is InChI=1S/C29H15Cl4N3O6.C2H6/c30-17-6-8-23(21(32)10-17)39-14-25(37)41-28-19(12-34)27(16-4-2-1-3-5-16)20(13-35)29(36-28)42-26(38)15-40-24-9-7-18(31)11-22(24)33;1-2/h1-11H,14-15H2;1-2H3. The van der Waals surface area contributed by atoms with E-state index in [1.165, 1.54) is 36.4 Å². The van der Waals surface area contributed by atoms with Crippen molar-refractivity contribution in [3.05, 3.63) is 97.9 Å². The van der Waals surface area contributed by atoms with E-state index in [9.17, 15) is 20.1 Å². The number of aromatic nitrogens is 1. The van der Waals surface area contributed by atoms with Gasteiger partial charge in [0.25, 0.3) is 0 Å². The summed E-state index contributed by atoms with van der Waals surface area (Å²) < 4.78 is 21.5. The minimum Gasteiger partial charge on any atom is -0.480 e. The molecule has 224 valence electrons. The van der Waals surface area contributed by atoms with Gasteiger partial charge in [-0.1, -0.05) is 90.6 Å². The number of nitrogens with zero attached hydrogens (tertiary/aromatic N) is 3. The molecule has 0 saturated carbocycles. The molecule has 0 radical (unpaired) electrons. The molecule has 3 aromatic carbocycles. The molecule has 0 fully saturated rings. The van der Waals surface area contributed by atoms with E-state index in [0.29, 0.717) is 15.6 Å². The zero-order valence-corrected chi connectivity index (χ0v) is 26.1. The molecule has 0 N–H and O–H groups in total. The van der Waals surface area contributed by atoms with E-state index in [-0.39, 0.29) is 38.2 Å². The lowest BCUT2D eigenvalue weighted by Gasteiger charge is -2.15. The van der Waals surface area contributed by atoms with E-state index in [4.69, 9.17) is 65.4 Å². The molecule has 0 amide bonds. The minimum atomic E-state index is -0.966. The number of benzene rings is 3. The average molecular weight is 673 g/mol. The van der Waals surface area contributed by atoms with Gasteiger partial charge in [0.2, 0.25) is 11.8 Å². The monoisotopic (exact) mass is 671 g/mol. The summed E-state index contributed by atoms with van der Waals surface area (Å²) in [6.07, 6.45) is 0. The fourth-order valence-electron chi connectivity index (χ4n) is 3.52. The summed E-state index contributed by atoms with van der Waals surface area (Å²) in [5.74, 6) is -2.65. The lowest BCUT2D eigenvalue weighted by molar-refractivity contribution is -0.137. The van der Waals surface area contributed by atoms with Crippen LogP contribution in [-0.4, -0.2) is 30.1 Å². The molecular formula is C31H21Cl4N3O6. The van der Waals surface area contributed by atoms with Crippen LogP contribution in [0.3, 0.4) is 0 Å². The van der Waals surface area contributed by atoms with Crippen LogP contribution in [0.25, 0.3) is 11.1 Å². The second-order valence-corrected chi connectivity index (χ2v) is 9.80. The van der Waals surface area contributed by atoms with E-state index < -0.39 is 36.9 Å². The van der Waals surface area contributed by atoms with E-state index in [2.05, 4.69) is 4.98 Å². The quantitative estimate of drug-likeness (QED) is 0.162. The lowest BCUT2D eigenvalue weighted by Crippen LogP contribution is -2.21. The average Bonchev–Trinajstić information content (AvgIpc) is 3.01. The van der Waals surface area contributed by atoms with Crippen molar-refractivity contribution in [2.75, 3.05) is 13.2 Å². The third-order valence-corrected chi connectivity index (χ3v) is 6.38. The van der Waals surface area contributed by atoms with Gasteiger partial charge in [-0.15, -0.1) is 0 Å². The first-order chi connectivity index (χ1) is 21.2. The summed E-state index contributed by atoms with van der Waals surface area (Å²) in [4.78, 5) is 29.4. The first-order valence-corrected chi connectivity index (χ1v) is 14.2. The number of esters is 2. The molecule has 4 rings (SSSR count). The Labute approximate surface area is 273 Å². The van der Waals surface area contributed by atoms with Gasteiger partial charge in [0.05, 0.1) is 10.0 Å². The van der Waals surface area contributed by atoms with Crippen LogP contribution in [0.4, 0.5) is 0 Å². The maximum Gasteiger partial charge on any atom is 0.350 e. The highest BCUT2D eigenvalue weighted by Gasteiger charge is 2.26. The van der Waals surface area contributed by atoms with E-state index >= 15 is 0 Å². The number of ether oxygens (including phenoxy) is 4. The molecule has 0 spiro atoms. The second kappa shape index (κ2) is 16.4. The summed E-state index contributed by atoms with van der Waals surface area (Å²) >= 11 is 23.9. The molecule has 0 unspecified atom stereocenters. The van der Waals surface area contributed by atoms with Crippen LogP contribution in [0.5, 0.6) is 23.3 Å². The number of rotatable bonds is 9. The highest BCUT2D eigenvalue weighted by Crippen LogP contribution is 2.37. The van der Waals surface area contributed by atoms with E-state index in [1.54, 1.807) is 30.3 Å². The van der Waals surface area contributed by atoms with Gasteiger partial charge < -0.3 is 18.9 Å². The summed E-state index contributed by atoms with van der Waals surface area (Å²) in [5.41, 5.74) is -0.0697. The molecule has 44 heavy (non-hydrogen) atoms. The van der Waals surface area contributed by atoms with Gasteiger partial charge >= 0.3 is 11.9 Å². The maximum absolute atomic E-state index is 12.7. The Bertz CT molecular complexity index is 1650. The molecular weight excluding hydrogens is 652 g/mol. The van der Waals surface area contributed by atoms with Crippen molar-refractivity contribution in [1.29, 1.82) is 10.5 Å². The highest BCUT2D eigenvalue weighted by atomic mass is 35.5. The molecule has 4 aromatic rings. The van der Waals surface area contributed by atoms with Gasteiger partial charge in [-0.25, -0.2) is 9.59 Å². The van der Waals surface area contributed by atoms with Crippen molar-refractivity contribution in [2.45, 2.75) is 13.8 Å². The molecule has 1 heterocycles. The van der Waals surface area contributed by atoms with Crippen LogP contribution < -0.4 is 18.9 Å². The predicted molar refractivity (Wildman–Crippen MR) is 166 cm³/mol. The smallest absolute Gasteiger partial charge is 0.350 e. The Balaban J connectivity index is 0.00000259. The SMILES string of the molecule is CC.N#Cc1c(OC(=O)COc2ccc(Cl)cc2Cl)nc(OC(=O)COc2ccc(Cl)cc2Cl)c(C#N)c1-c1ccccc1. The van der Waals surface area contributed by atoms with Crippen molar-refractivity contribution in [3.63, 3.8) is 0 Å². The van der Waals surface area contributed by atoms with E-state index in [1.807, 2.05) is 26.0 Å². The van der Waals surface area contributed by atoms with Crippen LogP contribution in [0, 0.1) is 22.7 Å². The molecule has 9 nitrogen and oxygen atoms in total. The summed E-state index contributed by atoms with van der Waals surface area (Å²) in [7, 11) is 0. The Morgan fingerprint density at radius 1 is 0.705 bits per heavy atom. The van der Waals surface area contributed by atoms with Crippen LogP contribution >= 0.6 is 46.4 Å². The van der Waals surface area contributed by atoms with Gasteiger partial charge in [-0.3, -0.25) is 0 Å². The largest absolute Gasteiger partial charge is 0.480 e. The van der Waals surface area contributed by atoms with Gasteiger partial charge in [0.1, 0.15) is 34.8 Å². The molecule has 0 atom stereocenters. The lowest BCUT2D eigenvalue weighted by atomic mass is 9.97. The van der Waals surface area contributed by atoms with Gasteiger partial charge in [0.15, 0.2) is 13.2 Å². The normalized spacial score (nSPS) is 9.91. The zero-order chi connectivity index (χ0) is 32.2. The first-order valence-electron chi connectivity index (χ1n) is 12.7. The molecule has 13 heteroatoms. The van der Waals surface area contributed by atoms with Crippen LogP contribution in [-0.2, 0) is 9.59 Å². The van der Waals surface area contributed by atoms with Crippen molar-refractivity contribution in [3.8, 4) is 46.5 Å². The van der Waals surface area contributed by atoms with Crippen molar-refractivity contribution >= 4 is 58.3 Å². The maximum atomic E-state index is 12.7. The molecule has 1 aromatic heterocycles. The molecule has 0 aliphatic heterocycles. The number of nitriles is 2. The topological polar surface area (TPSA) is 132 Å². The fraction of sp³-hybridized carbons (Fsp3) is 0.129. The van der Waals surface area contributed by atoms with Crippen molar-refractivity contribution < 1.29 is 28.5 Å².